The second-order valence-corrected chi connectivity index (χ2v) is 4.92. The second-order valence-electron chi connectivity index (χ2n) is 4.92. The van der Waals surface area contributed by atoms with Crippen LogP contribution in [0, 0.1) is 11.9 Å². The summed E-state index contributed by atoms with van der Waals surface area (Å²) in [6.45, 7) is 4.35. The van der Waals surface area contributed by atoms with Crippen molar-refractivity contribution < 1.29 is 4.39 Å². The van der Waals surface area contributed by atoms with Crippen LogP contribution in [0.5, 0.6) is 0 Å². The van der Waals surface area contributed by atoms with Crippen molar-refractivity contribution in [2.45, 2.75) is 44.7 Å². The van der Waals surface area contributed by atoms with Crippen LogP contribution in [0.3, 0.4) is 0 Å². The maximum absolute atomic E-state index is 13.6. The van der Waals surface area contributed by atoms with Crippen molar-refractivity contribution in [2.75, 3.05) is 0 Å². The highest BCUT2D eigenvalue weighted by atomic mass is 19.1. The molecule has 1 aliphatic rings. The molecule has 2 heteroatoms. The van der Waals surface area contributed by atoms with Gasteiger partial charge < -0.3 is 5.32 Å². The Morgan fingerprint density at radius 2 is 2.33 bits per heavy atom. The fourth-order valence-electron chi connectivity index (χ4n) is 2.30. The Balaban J connectivity index is 2.21. The first-order chi connectivity index (χ1) is 7.08. The Hall–Kier alpha value is -0.890. The highest BCUT2D eigenvalue weighted by molar-refractivity contribution is 5.21. The molecule has 1 radical (unpaired) electrons. The highest BCUT2D eigenvalue weighted by Crippen LogP contribution is 2.31. The van der Waals surface area contributed by atoms with E-state index in [0.717, 1.165) is 24.8 Å². The van der Waals surface area contributed by atoms with E-state index in [-0.39, 0.29) is 17.4 Å². The molecule has 0 spiro atoms. The zero-order chi connectivity index (χ0) is 10.9. The van der Waals surface area contributed by atoms with Crippen LogP contribution in [0.25, 0.3) is 0 Å². The van der Waals surface area contributed by atoms with Crippen LogP contribution in [-0.4, -0.2) is 5.54 Å². The van der Waals surface area contributed by atoms with Gasteiger partial charge in [-0.1, -0.05) is 12.1 Å². The molecule has 0 aliphatic carbocycles. The Morgan fingerprint density at radius 1 is 1.53 bits per heavy atom. The fourth-order valence-corrected chi connectivity index (χ4v) is 2.30. The number of hydrogen-bond acceptors (Lipinski definition) is 1. The predicted octanol–water partition coefficient (Wildman–Crippen LogP) is 3.22. The Kier molecular flexibility index (Phi) is 2.79. The van der Waals surface area contributed by atoms with E-state index in [1.807, 2.05) is 6.07 Å². The Morgan fingerprint density at radius 3 is 3.00 bits per heavy atom. The molecule has 81 valence electrons. The summed E-state index contributed by atoms with van der Waals surface area (Å²) in [7, 11) is 0. The van der Waals surface area contributed by atoms with Gasteiger partial charge in [0, 0.05) is 17.1 Å². The summed E-state index contributed by atoms with van der Waals surface area (Å²) in [5.74, 6) is -0.146. The summed E-state index contributed by atoms with van der Waals surface area (Å²) < 4.78 is 13.6. The summed E-state index contributed by atoms with van der Waals surface area (Å²) in [6.07, 6.45) is 3.33. The maximum Gasteiger partial charge on any atom is 0.128 e. The topological polar surface area (TPSA) is 12.0 Å². The van der Waals surface area contributed by atoms with E-state index in [9.17, 15) is 4.39 Å². The molecule has 1 nitrogen and oxygen atoms in total. The van der Waals surface area contributed by atoms with Crippen LogP contribution in [0.4, 0.5) is 4.39 Å². The first-order valence-electron chi connectivity index (χ1n) is 5.52. The molecule has 1 saturated heterocycles. The van der Waals surface area contributed by atoms with Crippen molar-refractivity contribution in [1.29, 1.82) is 0 Å². The first kappa shape index (κ1) is 10.6. The SMILES string of the molecule is CC1(C)CCC[C@@H](c2cc[c]cc2F)N1. The molecule has 0 amide bonds. The van der Waals surface area contributed by atoms with Gasteiger partial charge in [-0.15, -0.1) is 0 Å². The standard InChI is InChI=1S/C13H17FN/c1-13(2)9-5-8-12(15-13)10-6-3-4-7-11(10)14/h3,6-7,12,15H,5,8-9H2,1-2H3/t12-/m0/s1. The average molecular weight is 206 g/mol. The summed E-state index contributed by atoms with van der Waals surface area (Å²) in [6, 6.07) is 7.94. The van der Waals surface area contributed by atoms with Gasteiger partial charge in [0.2, 0.25) is 0 Å². The molecule has 1 atom stereocenters. The third kappa shape index (κ3) is 2.37. The molecule has 1 fully saturated rings. The summed E-state index contributed by atoms with van der Waals surface area (Å²) in [5, 5.41) is 3.50. The van der Waals surface area contributed by atoms with Crippen LogP contribution in [0.15, 0.2) is 18.2 Å². The van der Waals surface area contributed by atoms with Crippen molar-refractivity contribution in [3.05, 3.63) is 35.6 Å². The minimum atomic E-state index is -0.146. The van der Waals surface area contributed by atoms with E-state index in [0.29, 0.717) is 0 Å². The lowest BCUT2D eigenvalue weighted by molar-refractivity contribution is 0.242. The van der Waals surface area contributed by atoms with Gasteiger partial charge in [-0.2, -0.15) is 0 Å². The third-order valence-electron chi connectivity index (χ3n) is 3.08. The van der Waals surface area contributed by atoms with E-state index in [2.05, 4.69) is 25.2 Å². The second kappa shape index (κ2) is 3.93. The van der Waals surface area contributed by atoms with E-state index in [1.54, 1.807) is 6.07 Å². The van der Waals surface area contributed by atoms with Gasteiger partial charge in [0.25, 0.3) is 0 Å². The molecule has 1 aliphatic heterocycles. The smallest absolute Gasteiger partial charge is 0.128 e. The number of hydrogen-bond donors (Lipinski definition) is 1. The van der Waals surface area contributed by atoms with Crippen molar-refractivity contribution in [3.63, 3.8) is 0 Å². The molecule has 1 heterocycles. The minimum Gasteiger partial charge on any atom is -0.305 e. The van der Waals surface area contributed by atoms with Crippen molar-refractivity contribution in [1.82, 2.24) is 5.32 Å². The molecule has 0 aromatic heterocycles. The summed E-state index contributed by atoms with van der Waals surface area (Å²) in [4.78, 5) is 0. The van der Waals surface area contributed by atoms with E-state index in [1.165, 1.54) is 6.07 Å². The average Bonchev–Trinajstić information content (AvgIpc) is 2.17. The van der Waals surface area contributed by atoms with Gasteiger partial charge in [-0.25, -0.2) is 4.39 Å². The quantitative estimate of drug-likeness (QED) is 0.744. The molecular weight excluding hydrogens is 189 g/mol. The highest BCUT2D eigenvalue weighted by Gasteiger charge is 2.28. The van der Waals surface area contributed by atoms with Crippen molar-refractivity contribution >= 4 is 0 Å². The monoisotopic (exact) mass is 206 g/mol. The lowest BCUT2D eigenvalue weighted by Crippen LogP contribution is -2.45. The molecule has 1 N–H and O–H groups in total. The van der Waals surface area contributed by atoms with E-state index >= 15 is 0 Å². The van der Waals surface area contributed by atoms with Gasteiger partial charge in [-0.3, -0.25) is 0 Å². The van der Waals surface area contributed by atoms with E-state index < -0.39 is 0 Å². The van der Waals surface area contributed by atoms with Crippen LogP contribution >= 0.6 is 0 Å². The zero-order valence-corrected chi connectivity index (χ0v) is 9.31. The zero-order valence-electron chi connectivity index (χ0n) is 9.31. The van der Waals surface area contributed by atoms with Gasteiger partial charge in [-0.05, 0) is 45.2 Å². The molecule has 0 unspecified atom stereocenters. The molecule has 1 aromatic carbocycles. The minimum absolute atomic E-state index is 0.120. The normalized spacial score (nSPS) is 25.1. The van der Waals surface area contributed by atoms with Gasteiger partial charge >= 0.3 is 0 Å². The largest absolute Gasteiger partial charge is 0.305 e. The maximum atomic E-state index is 13.6. The van der Waals surface area contributed by atoms with Gasteiger partial charge in [0.15, 0.2) is 0 Å². The number of piperidine rings is 1. The van der Waals surface area contributed by atoms with Crippen LogP contribution in [0.1, 0.15) is 44.7 Å². The number of benzene rings is 1. The third-order valence-corrected chi connectivity index (χ3v) is 3.08. The lowest BCUT2D eigenvalue weighted by Gasteiger charge is -2.37. The van der Waals surface area contributed by atoms with Crippen molar-refractivity contribution in [2.24, 2.45) is 0 Å². The summed E-state index contributed by atoms with van der Waals surface area (Å²) in [5.41, 5.74) is 0.899. The molecule has 0 bridgehead atoms. The number of nitrogens with one attached hydrogen (secondary N) is 1. The molecule has 1 aromatic rings. The molecular formula is C13H17FN. The van der Waals surface area contributed by atoms with Crippen LogP contribution < -0.4 is 5.32 Å². The predicted molar refractivity (Wildman–Crippen MR) is 59.0 cm³/mol. The van der Waals surface area contributed by atoms with E-state index in [4.69, 9.17) is 0 Å². The van der Waals surface area contributed by atoms with Gasteiger partial charge in [0.1, 0.15) is 5.82 Å². The first-order valence-corrected chi connectivity index (χ1v) is 5.52. The number of rotatable bonds is 1. The molecule has 15 heavy (non-hydrogen) atoms. The Bertz CT molecular complexity index is 346. The summed E-state index contributed by atoms with van der Waals surface area (Å²) >= 11 is 0. The molecule has 2 rings (SSSR count). The lowest BCUT2D eigenvalue weighted by atomic mass is 9.86. The fraction of sp³-hybridized carbons (Fsp3) is 0.538. The van der Waals surface area contributed by atoms with Gasteiger partial charge in [0.05, 0.1) is 0 Å². The van der Waals surface area contributed by atoms with Crippen LogP contribution in [0.2, 0.25) is 0 Å². The Labute approximate surface area is 90.7 Å². The van der Waals surface area contributed by atoms with Crippen molar-refractivity contribution in [3.8, 4) is 0 Å². The number of halogens is 1. The molecule has 0 saturated carbocycles. The van der Waals surface area contributed by atoms with Crippen LogP contribution in [-0.2, 0) is 0 Å².